The van der Waals surface area contributed by atoms with Gasteiger partial charge in [0.15, 0.2) is 0 Å². The Morgan fingerprint density at radius 1 is 1.00 bits per heavy atom. The molecule has 10 heteroatoms. The number of amides is 1. The molecule has 0 aliphatic carbocycles. The van der Waals surface area contributed by atoms with Crippen molar-refractivity contribution in [3.8, 4) is 0 Å². The first kappa shape index (κ1) is 22.0. The monoisotopic (exact) mass is 414 g/mol. The van der Waals surface area contributed by atoms with Gasteiger partial charge in [-0.1, -0.05) is 36.4 Å². The number of carbonyl (C=O) groups excluding carboxylic acids is 2. The molecule has 1 atom stereocenters. The Hall–Kier alpha value is -3.30. The molecule has 0 fully saturated rings. The van der Waals surface area contributed by atoms with Crippen LogP contribution in [0.2, 0.25) is 0 Å². The van der Waals surface area contributed by atoms with Crippen molar-refractivity contribution in [1.29, 1.82) is 0 Å². The molecule has 0 spiro atoms. The van der Waals surface area contributed by atoms with Crippen molar-refractivity contribution >= 4 is 17.7 Å². The first-order valence-electron chi connectivity index (χ1n) is 8.44. The minimum atomic E-state index is -5.35. The summed E-state index contributed by atoms with van der Waals surface area (Å²) in [5.41, 5.74) is -3.57. The predicted octanol–water partition coefficient (Wildman–Crippen LogP) is 3.99. The first-order valence-corrected chi connectivity index (χ1v) is 8.44. The van der Waals surface area contributed by atoms with Gasteiger partial charge in [0.1, 0.15) is 12.4 Å². The number of esters is 1. The number of carbonyl (C=O) groups is 2. The summed E-state index contributed by atoms with van der Waals surface area (Å²) in [5, 5.41) is 3.33. The highest BCUT2D eigenvalue weighted by Gasteiger charge is 2.64. The van der Waals surface area contributed by atoms with E-state index in [9.17, 15) is 27.2 Å². The number of benzene rings is 2. The Balaban J connectivity index is 2.31. The molecule has 2 aromatic carbocycles. The van der Waals surface area contributed by atoms with Crippen molar-refractivity contribution in [2.24, 2.45) is 0 Å². The molecule has 0 saturated carbocycles. The number of anilines is 1. The number of nitrogens with one attached hydrogen (secondary N) is 2. The molecule has 2 aromatic rings. The fourth-order valence-corrected chi connectivity index (χ4v) is 2.33. The maximum Gasteiger partial charge on any atom is 0.442 e. The van der Waals surface area contributed by atoms with Gasteiger partial charge in [-0.15, -0.1) is 0 Å². The van der Waals surface area contributed by atoms with Crippen LogP contribution in [0.1, 0.15) is 12.5 Å². The molecular formula is C19H18F4N2O4. The average molecular weight is 414 g/mol. The summed E-state index contributed by atoms with van der Waals surface area (Å²) in [5.74, 6) is -2.67. The number of halogens is 4. The zero-order chi connectivity index (χ0) is 21.5. The second-order valence-corrected chi connectivity index (χ2v) is 5.79. The van der Waals surface area contributed by atoms with E-state index in [4.69, 9.17) is 4.74 Å². The fraction of sp³-hybridized carbons (Fsp3) is 0.263. The van der Waals surface area contributed by atoms with E-state index in [2.05, 4.69) is 4.74 Å². The maximum absolute atomic E-state index is 13.9. The quantitative estimate of drug-likeness (QED) is 0.407. The van der Waals surface area contributed by atoms with Crippen molar-refractivity contribution in [1.82, 2.24) is 5.32 Å². The van der Waals surface area contributed by atoms with Gasteiger partial charge < -0.3 is 14.8 Å². The van der Waals surface area contributed by atoms with Gasteiger partial charge in [-0.3, -0.25) is 5.32 Å². The van der Waals surface area contributed by atoms with Crippen molar-refractivity contribution in [3.63, 3.8) is 0 Å². The molecule has 0 bridgehead atoms. The molecular weight excluding hydrogens is 396 g/mol. The molecule has 0 saturated heterocycles. The Morgan fingerprint density at radius 3 is 2.28 bits per heavy atom. The summed E-state index contributed by atoms with van der Waals surface area (Å²) in [6.45, 7) is 0.584. The molecule has 0 aliphatic heterocycles. The van der Waals surface area contributed by atoms with Gasteiger partial charge >= 0.3 is 23.9 Å². The Kier molecular flexibility index (Phi) is 7.03. The molecule has 0 radical (unpaired) electrons. The summed E-state index contributed by atoms with van der Waals surface area (Å²) < 4.78 is 64.5. The topological polar surface area (TPSA) is 76.7 Å². The van der Waals surface area contributed by atoms with Gasteiger partial charge in [0.05, 0.1) is 6.61 Å². The van der Waals surface area contributed by atoms with Gasteiger partial charge in [-0.2, -0.15) is 13.2 Å². The van der Waals surface area contributed by atoms with Crippen LogP contribution in [-0.4, -0.2) is 30.5 Å². The number of hydrogen-bond acceptors (Lipinski definition) is 5. The van der Waals surface area contributed by atoms with Crippen LogP contribution in [0.25, 0.3) is 0 Å². The second kappa shape index (κ2) is 9.26. The van der Waals surface area contributed by atoms with Gasteiger partial charge in [-0.05, 0) is 30.7 Å². The molecule has 0 heterocycles. The SMILES string of the molecule is CCOC(=O)C(NC(=O)OCc1ccccc1)(Nc1cccc(F)c1)C(F)(F)F. The lowest BCUT2D eigenvalue weighted by Crippen LogP contribution is -2.69. The molecule has 0 aliphatic rings. The molecule has 6 nitrogen and oxygen atoms in total. The van der Waals surface area contributed by atoms with Crippen LogP contribution < -0.4 is 10.6 Å². The number of hydrogen-bond donors (Lipinski definition) is 2. The van der Waals surface area contributed by atoms with Crippen LogP contribution in [0.15, 0.2) is 54.6 Å². The van der Waals surface area contributed by atoms with E-state index in [1.54, 1.807) is 30.3 Å². The van der Waals surface area contributed by atoms with Crippen LogP contribution in [0.5, 0.6) is 0 Å². The third kappa shape index (κ3) is 5.59. The molecule has 2 N–H and O–H groups in total. The van der Waals surface area contributed by atoms with Crippen LogP contribution in [-0.2, 0) is 20.9 Å². The summed E-state index contributed by atoms with van der Waals surface area (Å²) in [7, 11) is 0. The van der Waals surface area contributed by atoms with E-state index in [0.717, 1.165) is 24.3 Å². The van der Waals surface area contributed by atoms with Gasteiger partial charge in [0.2, 0.25) is 0 Å². The van der Waals surface area contributed by atoms with E-state index < -0.39 is 35.4 Å². The predicted molar refractivity (Wildman–Crippen MR) is 95.2 cm³/mol. The van der Waals surface area contributed by atoms with Crippen LogP contribution in [0.4, 0.5) is 28.0 Å². The van der Waals surface area contributed by atoms with Gasteiger partial charge in [0.25, 0.3) is 0 Å². The number of rotatable bonds is 7. The Morgan fingerprint density at radius 2 is 1.69 bits per heavy atom. The average Bonchev–Trinajstić information content (AvgIpc) is 2.66. The number of ether oxygens (including phenoxy) is 2. The summed E-state index contributed by atoms with van der Waals surface area (Å²) in [4.78, 5) is 24.3. The van der Waals surface area contributed by atoms with Crippen molar-refractivity contribution in [2.75, 3.05) is 11.9 Å². The minimum Gasteiger partial charge on any atom is -0.463 e. The standard InChI is InChI=1S/C19H18F4N2O4/c1-2-28-16(26)18(19(21,22)23,24-15-10-6-9-14(20)11-15)25-17(27)29-12-13-7-4-3-5-8-13/h3-11,24H,2,12H2,1H3,(H,25,27). The second-order valence-electron chi connectivity index (χ2n) is 5.79. The zero-order valence-electron chi connectivity index (χ0n) is 15.3. The highest BCUT2D eigenvalue weighted by atomic mass is 19.4. The van der Waals surface area contributed by atoms with E-state index in [-0.39, 0.29) is 13.2 Å². The summed E-state index contributed by atoms with van der Waals surface area (Å²) in [6, 6.07) is 12.2. The first-order chi connectivity index (χ1) is 13.7. The maximum atomic E-state index is 13.9. The highest BCUT2D eigenvalue weighted by molar-refractivity contribution is 5.89. The molecule has 156 valence electrons. The van der Waals surface area contributed by atoms with Crippen molar-refractivity contribution in [3.05, 3.63) is 66.0 Å². The van der Waals surface area contributed by atoms with E-state index in [1.165, 1.54) is 12.2 Å². The van der Waals surface area contributed by atoms with E-state index in [1.807, 2.05) is 5.32 Å². The normalized spacial score (nSPS) is 13.1. The Labute approximate surface area is 163 Å². The lowest BCUT2D eigenvalue weighted by Gasteiger charge is -2.34. The van der Waals surface area contributed by atoms with Gasteiger partial charge in [0, 0.05) is 5.69 Å². The van der Waals surface area contributed by atoms with Crippen LogP contribution in [0.3, 0.4) is 0 Å². The van der Waals surface area contributed by atoms with Crippen molar-refractivity contribution in [2.45, 2.75) is 25.4 Å². The van der Waals surface area contributed by atoms with E-state index >= 15 is 0 Å². The minimum absolute atomic E-state index is 0.330. The summed E-state index contributed by atoms with van der Waals surface area (Å²) in [6.07, 6.45) is -6.87. The molecule has 1 amide bonds. The van der Waals surface area contributed by atoms with Gasteiger partial charge in [-0.25, -0.2) is 14.0 Å². The smallest absolute Gasteiger partial charge is 0.442 e. The van der Waals surface area contributed by atoms with Crippen LogP contribution >= 0.6 is 0 Å². The molecule has 1 unspecified atom stereocenters. The van der Waals surface area contributed by atoms with E-state index in [0.29, 0.717) is 5.56 Å². The lowest BCUT2D eigenvalue weighted by atomic mass is 10.1. The largest absolute Gasteiger partial charge is 0.463 e. The highest BCUT2D eigenvalue weighted by Crippen LogP contribution is 2.33. The zero-order valence-corrected chi connectivity index (χ0v) is 15.3. The lowest BCUT2D eigenvalue weighted by molar-refractivity contribution is -0.205. The molecule has 29 heavy (non-hydrogen) atoms. The molecule has 2 rings (SSSR count). The third-order valence-electron chi connectivity index (χ3n) is 3.67. The van der Waals surface area contributed by atoms with Crippen molar-refractivity contribution < 1.29 is 36.6 Å². The number of alkyl carbamates (subject to hydrolysis) is 1. The summed E-state index contributed by atoms with van der Waals surface area (Å²) >= 11 is 0. The number of alkyl halides is 3. The fourth-order valence-electron chi connectivity index (χ4n) is 2.33. The molecule has 0 aromatic heterocycles. The third-order valence-corrected chi connectivity index (χ3v) is 3.67. The Bertz CT molecular complexity index is 846. The van der Waals surface area contributed by atoms with Crippen LogP contribution in [0, 0.1) is 5.82 Å².